The van der Waals surface area contributed by atoms with E-state index in [9.17, 15) is 4.39 Å². The summed E-state index contributed by atoms with van der Waals surface area (Å²) in [6, 6.07) is 4.06. The zero-order valence-electron chi connectivity index (χ0n) is 10.4. The summed E-state index contributed by atoms with van der Waals surface area (Å²) >= 11 is 0. The number of pyridine rings is 1. The number of nitrogens with one attached hydrogen (secondary N) is 2. The fourth-order valence-corrected chi connectivity index (χ4v) is 2.49. The van der Waals surface area contributed by atoms with Crippen molar-refractivity contribution < 1.29 is 4.39 Å². The molecule has 0 saturated carbocycles. The van der Waals surface area contributed by atoms with E-state index in [-0.39, 0.29) is 0 Å². The van der Waals surface area contributed by atoms with Crippen molar-refractivity contribution in [3.05, 3.63) is 29.5 Å². The van der Waals surface area contributed by atoms with Crippen LogP contribution in [0.25, 0.3) is 6.08 Å². The molecule has 0 spiro atoms. The third-order valence-corrected chi connectivity index (χ3v) is 3.60. The summed E-state index contributed by atoms with van der Waals surface area (Å²) in [5.41, 5.74) is 0.883. The van der Waals surface area contributed by atoms with Crippen molar-refractivity contribution in [1.29, 1.82) is 0 Å². The van der Waals surface area contributed by atoms with Gasteiger partial charge < -0.3 is 10.6 Å². The van der Waals surface area contributed by atoms with E-state index in [0.717, 1.165) is 37.4 Å². The van der Waals surface area contributed by atoms with Crippen molar-refractivity contribution in [2.45, 2.75) is 24.9 Å². The van der Waals surface area contributed by atoms with Crippen molar-refractivity contribution in [2.24, 2.45) is 0 Å². The number of aryl methyl sites for hydroxylation is 1. The van der Waals surface area contributed by atoms with Gasteiger partial charge in [-0.25, -0.2) is 9.37 Å². The van der Waals surface area contributed by atoms with E-state index in [0.29, 0.717) is 13.0 Å². The number of alkyl halides is 1. The van der Waals surface area contributed by atoms with Gasteiger partial charge >= 0.3 is 0 Å². The highest BCUT2D eigenvalue weighted by Crippen LogP contribution is 2.24. The Hall–Kier alpha value is -1.42. The molecule has 96 valence electrons. The van der Waals surface area contributed by atoms with Crippen molar-refractivity contribution in [1.82, 2.24) is 10.3 Å². The SMILES string of the molecule is F[C@@]1(C=Cc2ccc3c(n2)NCCC3)CCNC1. The largest absolute Gasteiger partial charge is 0.370 e. The average Bonchev–Trinajstić information content (AvgIpc) is 2.84. The summed E-state index contributed by atoms with van der Waals surface area (Å²) in [6.45, 7) is 2.14. The van der Waals surface area contributed by atoms with E-state index in [2.05, 4.69) is 21.7 Å². The Morgan fingerprint density at radius 1 is 1.33 bits per heavy atom. The Labute approximate surface area is 106 Å². The van der Waals surface area contributed by atoms with Crippen LogP contribution in [0, 0.1) is 0 Å². The highest BCUT2D eigenvalue weighted by molar-refractivity contribution is 5.54. The number of aromatic nitrogens is 1. The summed E-state index contributed by atoms with van der Waals surface area (Å²) in [5.74, 6) is 0.959. The number of nitrogens with zero attached hydrogens (tertiary/aromatic N) is 1. The third-order valence-electron chi connectivity index (χ3n) is 3.60. The van der Waals surface area contributed by atoms with Gasteiger partial charge in [0.1, 0.15) is 11.5 Å². The van der Waals surface area contributed by atoms with E-state index in [1.54, 1.807) is 12.2 Å². The molecule has 0 aliphatic carbocycles. The first kappa shape index (κ1) is 11.7. The van der Waals surface area contributed by atoms with Gasteiger partial charge in [-0.1, -0.05) is 6.07 Å². The number of fused-ring (bicyclic) bond motifs is 1. The Bertz CT molecular complexity index is 464. The van der Waals surface area contributed by atoms with Gasteiger partial charge in [-0.15, -0.1) is 0 Å². The second kappa shape index (κ2) is 4.69. The molecule has 0 bridgehead atoms. The lowest BCUT2D eigenvalue weighted by molar-refractivity contribution is 0.259. The van der Waals surface area contributed by atoms with Gasteiger partial charge in [-0.2, -0.15) is 0 Å². The maximum atomic E-state index is 14.1. The first-order valence-corrected chi connectivity index (χ1v) is 6.58. The van der Waals surface area contributed by atoms with Gasteiger partial charge in [0, 0.05) is 13.1 Å². The third kappa shape index (κ3) is 2.38. The Morgan fingerprint density at radius 2 is 2.28 bits per heavy atom. The van der Waals surface area contributed by atoms with Gasteiger partial charge in [0.25, 0.3) is 0 Å². The van der Waals surface area contributed by atoms with Crippen LogP contribution in [0.4, 0.5) is 10.2 Å². The average molecular weight is 247 g/mol. The lowest BCUT2D eigenvalue weighted by Crippen LogP contribution is -2.22. The molecule has 3 heterocycles. The topological polar surface area (TPSA) is 37.0 Å². The highest BCUT2D eigenvalue weighted by Gasteiger charge is 2.30. The molecule has 2 aliphatic rings. The molecule has 3 rings (SSSR count). The fourth-order valence-electron chi connectivity index (χ4n) is 2.49. The van der Waals surface area contributed by atoms with Crippen LogP contribution in [0.5, 0.6) is 0 Å². The fraction of sp³-hybridized carbons (Fsp3) is 0.500. The molecule has 4 heteroatoms. The molecule has 1 aromatic rings. The molecule has 0 amide bonds. The van der Waals surface area contributed by atoms with Gasteiger partial charge in [0.2, 0.25) is 0 Å². The summed E-state index contributed by atoms with van der Waals surface area (Å²) in [5, 5.41) is 6.33. The van der Waals surface area contributed by atoms with E-state index >= 15 is 0 Å². The Morgan fingerprint density at radius 3 is 3.11 bits per heavy atom. The number of halogens is 1. The maximum absolute atomic E-state index is 14.1. The van der Waals surface area contributed by atoms with Gasteiger partial charge in [-0.3, -0.25) is 0 Å². The van der Waals surface area contributed by atoms with Crippen LogP contribution in [-0.2, 0) is 6.42 Å². The van der Waals surface area contributed by atoms with E-state index < -0.39 is 5.67 Å². The number of hydrogen-bond acceptors (Lipinski definition) is 3. The normalized spacial score (nSPS) is 27.2. The molecular weight excluding hydrogens is 229 g/mol. The van der Waals surface area contributed by atoms with Crippen LogP contribution in [0.3, 0.4) is 0 Å². The van der Waals surface area contributed by atoms with Crippen LogP contribution < -0.4 is 10.6 Å². The minimum Gasteiger partial charge on any atom is -0.370 e. The maximum Gasteiger partial charge on any atom is 0.143 e. The monoisotopic (exact) mass is 247 g/mol. The lowest BCUT2D eigenvalue weighted by atomic mass is 10.0. The zero-order valence-corrected chi connectivity index (χ0v) is 10.4. The molecular formula is C14H18FN3. The zero-order chi connectivity index (χ0) is 12.4. The summed E-state index contributed by atoms with van der Waals surface area (Å²) in [7, 11) is 0. The minimum atomic E-state index is -1.20. The molecule has 1 aromatic heterocycles. The first-order chi connectivity index (χ1) is 8.75. The van der Waals surface area contributed by atoms with Crippen LogP contribution in [0.15, 0.2) is 18.2 Å². The Balaban J connectivity index is 1.78. The van der Waals surface area contributed by atoms with Crippen LogP contribution in [-0.4, -0.2) is 30.3 Å². The smallest absolute Gasteiger partial charge is 0.143 e. The predicted molar refractivity (Wildman–Crippen MR) is 71.4 cm³/mol. The quantitative estimate of drug-likeness (QED) is 0.841. The molecule has 0 radical (unpaired) electrons. The molecule has 2 aliphatic heterocycles. The summed E-state index contributed by atoms with van der Waals surface area (Å²) in [4.78, 5) is 4.52. The second-order valence-corrected chi connectivity index (χ2v) is 5.07. The van der Waals surface area contributed by atoms with Gasteiger partial charge in [0.15, 0.2) is 0 Å². The summed E-state index contributed by atoms with van der Waals surface area (Å²) < 4.78 is 14.1. The molecule has 0 unspecified atom stereocenters. The summed E-state index contributed by atoms with van der Waals surface area (Å²) in [6.07, 6.45) is 6.22. The van der Waals surface area contributed by atoms with Gasteiger partial charge in [0.05, 0.1) is 5.69 Å². The molecule has 1 atom stereocenters. The van der Waals surface area contributed by atoms with E-state index in [1.807, 2.05) is 6.07 Å². The molecule has 1 fully saturated rings. The molecule has 2 N–H and O–H groups in total. The van der Waals surface area contributed by atoms with E-state index in [1.165, 1.54) is 5.56 Å². The molecule has 0 aromatic carbocycles. The molecule has 1 saturated heterocycles. The Kier molecular flexibility index (Phi) is 3.04. The van der Waals surface area contributed by atoms with Crippen molar-refractivity contribution in [3.63, 3.8) is 0 Å². The molecule has 3 nitrogen and oxygen atoms in total. The van der Waals surface area contributed by atoms with Crippen molar-refractivity contribution in [2.75, 3.05) is 25.0 Å². The van der Waals surface area contributed by atoms with Gasteiger partial charge in [-0.05, 0) is 49.6 Å². The van der Waals surface area contributed by atoms with Crippen LogP contribution >= 0.6 is 0 Å². The highest BCUT2D eigenvalue weighted by atomic mass is 19.1. The van der Waals surface area contributed by atoms with Crippen molar-refractivity contribution >= 4 is 11.9 Å². The van der Waals surface area contributed by atoms with Crippen molar-refractivity contribution in [3.8, 4) is 0 Å². The predicted octanol–water partition coefficient (Wildman–Crippen LogP) is 2.15. The van der Waals surface area contributed by atoms with Crippen LogP contribution in [0.2, 0.25) is 0 Å². The van der Waals surface area contributed by atoms with E-state index in [4.69, 9.17) is 0 Å². The first-order valence-electron chi connectivity index (χ1n) is 6.58. The van der Waals surface area contributed by atoms with Crippen LogP contribution in [0.1, 0.15) is 24.1 Å². The second-order valence-electron chi connectivity index (χ2n) is 5.07. The number of anilines is 1. The standard InChI is InChI=1S/C14H18FN3/c15-14(7-9-16-10-14)6-5-12-4-3-11-2-1-8-17-13(11)18-12/h3-6,16H,1-2,7-10H2,(H,17,18)/t14-/m0/s1. The lowest BCUT2D eigenvalue weighted by Gasteiger charge is -2.17. The molecule has 18 heavy (non-hydrogen) atoms. The number of hydrogen-bond donors (Lipinski definition) is 2. The minimum absolute atomic E-state index is 0.409. The number of rotatable bonds is 2.